The van der Waals surface area contributed by atoms with Crippen LogP contribution in [0.5, 0.6) is 0 Å². The van der Waals surface area contributed by atoms with Gasteiger partial charge in [-0.2, -0.15) is 5.10 Å². The SMILES string of the molecule is Cn1c(=O)c2ccc(B3OC(C)(C)C(C)(C)O3)cc2n2nc(C3CCOCC3)cc12. The van der Waals surface area contributed by atoms with Crippen LogP contribution in [0.4, 0.5) is 0 Å². The number of fused-ring (bicyclic) bond motifs is 3. The molecule has 0 atom stereocenters. The highest BCUT2D eigenvalue weighted by Crippen LogP contribution is 2.36. The lowest BCUT2D eigenvalue weighted by atomic mass is 9.79. The lowest BCUT2D eigenvalue weighted by Crippen LogP contribution is -2.41. The molecule has 0 radical (unpaired) electrons. The van der Waals surface area contributed by atoms with Gasteiger partial charge in [-0.15, -0.1) is 0 Å². The number of hydrogen-bond acceptors (Lipinski definition) is 5. The molecule has 4 heterocycles. The van der Waals surface area contributed by atoms with E-state index < -0.39 is 18.3 Å². The van der Waals surface area contributed by atoms with Crippen molar-refractivity contribution in [2.75, 3.05) is 13.2 Å². The van der Waals surface area contributed by atoms with E-state index in [0.717, 1.165) is 48.4 Å². The summed E-state index contributed by atoms with van der Waals surface area (Å²) >= 11 is 0. The average molecular weight is 409 g/mol. The molecule has 3 aromatic rings. The molecular weight excluding hydrogens is 381 g/mol. The minimum atomic E-state index is -0.482. The quantitative estimate of drug-likeness (QED) is 0.608. The van der Waals surface area contributed by atoms with Gasteiger partial charge in [0.25, 0.3) is 5.56 Å². The fourth-order valence-electron chi connectivity index (χ4n) is 4.31. The predicted octanol–water partition coefficient (Wildman–Crippen LogP) is 2.38. The van der Waals surface area contributed by atoms with Gasteiger partial charge in [0.05, 0.1) is 27.8 Å². The molecule has 0 aliphatic carbocycles. The minimum Gasteiger partial charge on any atom is -0.399 e. The molecule has 0 spiro atoms. The van der Waals surface area contributed by atoms with Gasteiger partial charge in [-0.3, -0.25) is 9.36 Å². The first-order valence-corrected chi connectivity index (χ1v) is 10.6. The van der Waals surface area contributed by atoms with Crippen molar-refractivity contribution in [2.45, 2.75) is 57.7 Å². The van der Waals surface area contributed by atoms with Gasteiger partial charge < -0.3 is 14.0 Å². The van der Waals surface area contributed by atoms with Crippen LogP contribution in [-0.4, -0.2) is 45.7 Å². The zero-order valence-electron chi connectivity index (χ0n) is 18.3. The zero-order chi connectivity index (χ0) is 21.3. The van der Waals surface area contributed by atoms with Gasteiger partial charge in [0, 0.05) is 32.2 Å². The lowest BCUT2D eigenvalue weighted by Gasteiger charge is -2.32. The first-order chi connectivity index (χ1) is 14.2. The molecule has 2 aliphatic rings. The molecule has 8 heteroatoms. The van der Waals surface area contributed by atoms with E-state index in [2.05, 4.69) is 0 Å². The molecule has 1 aromatic carbocycles. The van der Waals surface area contributed by atoms with E-state index in [1.807, 2.05) is 56.5 Å². The van der Waals surface area contributed by atoms with Crippen LogP contribution in [0.25, 0.3) is 16.6 Å². The predicted molar refractivity (Wildman–Crippen MR) is 116 cm³/mol. The van der Waals surface area contributed by atoms with E-state index in [0.29, 0.717) is 11.3 Å². The number of nitrogens with zero attached hydrogens (tertiary/aromatic N) is 3. The maximum absolute atomic E-state index is 13.0. The van der Waals surface area contributed by atoms with Gasteiger partial charge in [-0.25, -0.2) is 4.52 Å². The Kier molecular flexibility index (Phi) is 4.40. The summed E-state index contributed by atoms with van der Waals surface area (Å²) in [5.41, 5.74) is 2.60. The molecule has 2 aromatic heterocycles. The topological polar surface area (TPSA) is 67.0 Å². The van der Waals surface area contributed by atoms with Gasteiger partial charge in [0.1, 0.15) is 5.65 Å². The zero-order valence-corrected chi connectivity index (χ0v) is 18.3. The standard InChI is InChI=1S/C22H28BN3O4/c1-21(2)22(3,4)30-23(29-21)15-6-7-16-18(12-15)26-19(25(5)20(16)27)13-17(24-26)14-8-10-28-11-9-14/h6-7,12-14H,8-11H2,1-5H3. The maximum Gasteiger partial charge on any atom is 0.494 e. The summed E-state index contributed by atoms with van der Waals surface area (Å²) in [7, 11) is 1.32. The van der Waals surface area contributed by atoms with E-state index >= 15 is 0 Å². The summed E-state index contributed by atoms with van der Waals surface area (Å²) in [4.78, 5) is 13.0. The first-order valence-electron chi connectivity index (χ1n) is 10.6. The highest BCUT2D eigenvalue weighted by molar-refractivity contribution is 6.62. The highest BCUT2D eigenvalue weighted by atomic mass is 16.7. The van der Waals surface area contributed by atoms with Crippen LogP contribution in [0.1, 0.15) is 52.1 Å². The lowest BCUT2D eigenvalue weighted by molar-refractivity contribution is 0.00578. The van der Waals surface area contributed by atoms with Crippen molar-refractivity contribution < 1.29 is 14.0 Å². The van der Waals surface area contributed by atoms with E-state index in [9.17, 15) is 4.79 Å². The molecule has 7 nitrogen and oxygen atoms in total. The minimum absolute atomic E-state index is 0.0311. The number of aromatic nitrogens is 3. The fourth-order valence-corrected chi connectivity index (χ4v) is 4.31. The Morgan fingerprint density at radius 3 is 2.40 bits per heavy atom. The summed E-state index contributed by atoms with van der Waals surface area (Å²) in [6.45, 7) is 9.66. The Balaban J connectivity index is 1.65. The van der Waals surface area contributed by atoms with Crippen LogP contribution in [-0.2, 0) is 21.1 Å². The Morgan fingerprint density at radius 1 is 1.07 bits per heavy atom. The van der Waals surface area contributed by atoms with Crippen molar-refractivity contribution in [1.29, 1.82) is 0 Å². The van der Waals surface area contributed by atoms with Crippen LogP contribution in [0.3, 0.4) is 0 Å². The number of aryl methyl sites for hydroxylation is 1. The monoisotopic (exact) mass is 409 g/mol. The summed E-state index contributed by atoms with van der Waals surface area (Å²) in [6.07, 6.45) is 1.91. The molecule has 0 amide bonds. The van der Waals surface area contributed by atoms with Crippen LogP contribution in [0.2, 0.25) is 0 Å². The molecule has 5 rings (SSSR count). The molecule has 2 aliphatic heterocycles. The van der Waals surface area contributed by atoms with Gasteiger partial charge in [-0.1, -0.05) is 6.07 Å². The van der Waals surface area contributed by atoms with E-state index in [4.69, 9.17) is 19.1 Å². The normalized spacial score (nSPS) is 21.7. The van der Waals surface area contributed by atoms with Crippen LogP contribution in [0, 0.1) is 0 Å². The Morgan fingerprint density at radius 2 is 1.73 bits per heavy atom. The van der Waals surface area contributed by atoms with E-state index in [1.165, 1.54) is 0 Å². The summed E-state index contributed by atoms with van der Waals surface area (Å²) in [5.74, 6) is 0.357. The van der Waals surface area contributed by atoms with Crippen LogP contribution >= 0.6 is 0 Å². The molecular formula is C22H28BN3O4. The molecule has 0 N–H and O–H groups in total. The smallest absolute Gasteiger partial charge is 0.399 e. The van der Waals surface area contributed by atoms with Crippen molar-refractivity contribution in [3.05, 3.63) is 40.3 Å². The second kappa shape index (κ2) is 6.67. The highest BCUT2D eigenvalue weighted by Gasteiger charge is 2.51. The molecule has 0 saturated carbocycles. The number of hydrogen-bond donors (Lipinski definition) is 0. The van der Waals surface area contributed by atoms with Crippen LogP contribution in [0.15, 0.2) is 29.1 Å². The summed E-state index contributed by atoms with van der Waals surface area (Å²) in [5, 5.41) is 5.54. The first kappa shape index (κ1) is 19.8. The van der Waals surface area contributed by atoms with Gasteiger partial charge in [0.15, 0.2) is 0 Å². The molecule has 0 unspecified atom stereocenters. The summed E-state index contributed by atoms with van der Waals surface area (Å²) < 4.78 is 21.5. The van der Waals surface area contributed by atoms with Crippen molar-refractivity contribution in [3.8, 4) is 0 Å². The Labute approximate surface area is 176 Å². The van der Waals surface area contributed by atoms with E-state index in [1.54, 1.807) is 11.6 Å². The Bertz CT molecular complexity index is 1170. The van der Waals surface area contributed by atoms with Gasteiger partial charge >= 0.3 is 7.12 Å². The number of rotatable bonds is 2. The van der Waals surface area contributed by atoms with Crippen molar-refractivity contribution in [1.82, 2.24) is 14.2 Å². The molecule has 0 bridgehead atoms. The van der Waals surface area contributed by atoms with Gasteiger partial charge in [-0.05, 0) is 58.1 Å². The third-order valence-corrected chi connectivity index (χ3v) is 7.00. The van der Waals surface area contributed by atoms with E-state index in [-0.39, 0.29) is 5.56 Å². The maximum atomic E-state index is 13.0. The average Bonchev–Trinajstić information content (AvgIpc) is 3.25. The number of benzene rings is 1. The fraction of sp³-hybridized carbons (Fsp3) is 0.545. The molecule has 2 fully saturated rings. The molecule has 2 saturated heterocycles. The van der Waals surface area contributed by atoms with Gasteiger partial charge in [0.2, 0.25) is 0 Å². The molecule has 30 heavy (non-hydrogen) atoms. The Hall–Kier alpha value is -2.16. The summed E-state index contributed by atoms with van der Waals surface area (Å²) in [6, 6.07) is 7.79. The third-order valence-electron chi connectivity index (χ3n) is 7.00. The van der Waals surface area contributed by atoms with Crippen LogP contribution < -0.4 is 11.0 Å². The van der Waals surface area contributed by atoms with Crippen molar-refractivity contribution in [2.24, 2.45) is 7.05 Å². The number of ether oxygens (including phenoxy) is 1. The largest absolute Gasteiger partial charge is 0.494 e. The second-order valence-corrected chi connectivity index (χ2v) is 9.45. The third kappa shape index (κ3) is 2.93. The van der Waals surface area contributed by atoms with Crippen molar-refractivity contribution in [3.63, 3.8) is 0 Å². The second-order valence-electron chi connectivity index (χ2n) is 9.45. The molecule has 158 valence electrons. The van der Waals surface area contributed by atoms with Crippen molar-refractivity contribution >= 4 is 29.1 Å².